The average Bonchev–Trinajstić information content (AvgIpc) is 3.18. The van der Waals surface area contributed by atoms with Crippen LogP contribution >= 0.6 is 0 Å². The van der Waals surface area contributed by atoms with Gasteiger partial charge in [-0.15, -0.1) is 5.10 Å². The fraction of sp³-hybridized carbons (Fsp3) is 0.375. The maximum atomic E-state index is 12.0. The molecular formula is C16H18N4O3. The lowest BCUT2D eigenvalue weighted by Crippen LogP contribution is -2.35. The lowest BCUT2D eigenvalue weighted by atomic mass is 10.1. The average molecular weight is 314 g/mol. The van der Waals surface area contributed by atoms with Gasteiger partial charge in [0.2, 0.25) is 5.91 Å². The molecule has 2 atom stereocenters. The molecule has 1 aliphatic rings. The molecule has 0 saturated heterocycles. The summed E-state index contributed by atoms with van der Waals surface area (Å²) in [6, 6.07) is 9.55. The first-order valence-corrected chi connectivity index (χ1v) is 7.59. The molecule has 1 fully saturated rings. The SMILES string of the molecule is O=C(Cn1cc(-c2ccccc2)nn1)N[C@@H]1CC[C@H](C(=O)O)C1. The highest BCUT2D eigenvalue weighted by molar-refractivity contribution is 5.76. The maximum Gasteiger partial charge on any atom is 0.306 e. The van der Waals surface area contributed by atoms with Gasteiger partial charge in [0.25, 0.3) is 0 Å². The highest BCUT2D eigenvalue weighted by atomic mass is 16.4. The Balaban J connectivity index is 1.55. The van der Waals surface area contributed by atoms with Gasteiger partial charge in [-0.3, -0.25) is 9.59 Å². The summed E-state index contributed by atoms with van der Waals surface area (Å²) in [5, 5.41) is 19.9. The first-order valence-electron chi connectivity index (χ1n) is 7.59. The summed E-state index contributed by atoms with van der Waals surface area (Å²) in [6.07, 6.45) is 3.54. The molecule has 2 N–H and O–H groups in total. The summed E-state index contributed by atoms with van der Waals surface area (Å²) < 4.78 is 1.49. The Morgan fingerprint density at radius 2 is 2.04 bits per heavy atom. The molecule has 23 heavy (non-hydrogen) atoms. The van der Waals surface area contributed by atoms with Gasteiger partial charge in [0.05, 0.1) is 12.1 Å². The fourth-order valence-electron chi connectivity index (χ4n) is 2.87. The van der Waals surface area contributed by atoms with Crippen molar-refractivity contribution in [3.8, 4) is 11.3 Å². The number of carboxylic acid groups (broad SMARTS) is 1. The summed E-state index contributed by atoms with van der Waals surface area (Å²) in [5.74, 6) is -1.31. The molecule has 7 nitrogen and oxygen atoms in total. The van der Waals surface area contributed by atoms with Crippen molar-refractivity contribution >= 4 is 11.9 Å². The summed E-state index contributed by atoms with van der Waals surface area (Å²) in [5.41, 5.74) is 1.66. The number of carbonyl (C=O) groups excluding carboxylic acids is 1. The third-order valence-corrected chi connectivity index (χ3v) is 4.06. The number of hydrogen-bond donors (Lipinski definition) is 2. The number of amides is 1. The molecule has 0 spiro atoms. The van der Waals surface area contributed by atoms with Crippen LogP contribution in [0.15, 0.2) is 36.5 Å². The van der Waals surface area contributed by atoms with Crippen LogP contribution in [0.3, 0.4) is 0 Å². The van der Waals surface area contributed by atoms with E-state index in [9.17, 15) is 9.59 Å². The van der Waals surface area contributed by atoms with E-state index in [0.717, 1.165) is 5.56 Å². The van der Waals surface area contributed by atoms with Gasteiger partial charge >= 0.3 is 5.97 Å². The molecule has 1 heterocycles. The summed E-state index contributed by atoms with van der Waals surface area (Å²) in [4.78, 5) is 23.0. The number of rotatable bonds is 5. The third-order valence-electron chi connectivity index (χ3n) is 4.06. The predicted molar refractivity (Wildman–Crippen MR) is 82.4 cm³/mol. The van der Waals surface area contributed by atoms with E-state index in [1.165, 1.54) is 4.68 Å². The van der Waals surface area contributed by atoms with Gasteiger partial charge in [0.15, 0.2) is 0 Å². The Hall–Kier alpha value is -2.70. The highest BCUT2D eigenvalue weighted by Gasteiger charge is 2.30. The Bertz CT molecular complexity index is 698. The van der Waals surface area contributed by atoms with Crippen molar-refractivity contribution in [2.75, 3.05) is 0 Å². The van der Waals surface area contributed by atoms with Crippen molar-refractivity contribution < 1.29 is 14.7 Å². The lowest BCUT2D eigenvalue weighted by Gasteiger charge is -2.12. The maximum absolute atomic E-state index is 12.0. The van der Waals surface area contributed by atoms with Crippen LogP contribution in [0.2, 0.25) is 0 Å². The molecule has 1 aromatic heterocycles. The normalized spacial score (nSPS) is 20.3. The second-order valence-corrected chi connectivity index (χ2v) is 5.78. The molecule has 1 saturated carbocycles. The van der Waals surface area contributed by atoms with E-state index >= 15 is 0 Å². The van der Waals surface area contributed by atoms with Crippen LogP contribution in [0.1, 0.15) is 19.3 Å². The summed E-state index contributed by atoms with van der Waals surface area (Å²) in [7, 11) is 0. The van der Waals surface area contributed by atoms with Gasteiger partial charge in [-0.05, 0) is 19.3 Å². The number of carbonyl (C=O) groups is 2. The van der Waals surface area contributed by atoms with Gasteiger partial charge in [-0.25, -0.2) is 4.68 Å². The van der Waals surface area contributed by atoms with Gasteiger partial charge < -0.3 is 10.4 Å². The molecule has 0 aliphatic heterocycles. The Kier molecular flexibility index (Phi) is 4.36. The molecule has 0 unspecified atom stereocenters. The Morgan fingerprint density at radius 3 is 2.74 bits per heavy atom. The standard InChI is InChI=1S/C16H18N4O3/c21-15(17-13-7-6-12(8-13)16(22)23)10-20-9-14(18-19-20)11-4-2-1-3-5-11/h1-5,9,12-13H,6-8,10H2,(H,17,21)(H,22,23)/t12-,13+/m0/s1. The number of nitrogens with zero attached hydrogens (tertiary/aromatic N) is 3. The molecule has 3 rings (SSSR count). The van der Waals surface area contributed by atoms with E-state index in [-0.39, 0.29) is 24.4 Å². The number of carboxylic acids is 1. The van der Waals surface area contributed by atoms with Crippen LogP contribution in [-0.4, -0.2) is 38.0 Å². The van der Waals surface area contributed by atoms with Crippen LogP contribution in [-0.2, 0) is 16.1 Å². The van der Waals surface area contributed by atoms with Crippen LogP contribution in [0.4, 0.5) is 0 Å². The van der Waals surface area contributed by atoms with Crippen LogP contribution in [0.5, 0.6) is 0 Å². The van der Waals surface area contributed by atoms with E-state index < -0.39 is 5.97 Å². The fourth-order valence-corrected chi connectivity index (χ4v) is 2.87. The van der Waals surface area contributed by atoms with E-state index in [1.54, 1.807) is 6.20 Å². The molecule has 2 aromatic rings. The number of benzene rings is 1. The molecule has 1 amide bonds. The summed E-state index contributed by atoms with van der Waals surface area (Å²) >= 11 is 0. The molecule has 0 radical (unpaired) electrons. The zero-order valence-electron chi connectivity index (χ0n) is 12.6. The van der Waals surface area contributed by atoms with E-state index in [0.29, 0.717) is 25.0 Å². The molecule has 120 valence electrons. The van der Waals surface area contributed by atoms with Crippen molar-refractivity contribution in [1.29, 1.82) is 0 Å². The molecular weight excluding hydrogens is 296 g/mol. The minimum atomic E-state index is -0.787. The van der Waals surface area contributed by atoms with E-state index in [1.807, 2.05) is 30.3 Å². The largest absolute Gasteiger partial charge is 0.481 e. The van der Waals surface area contributed by atoms with Crippen molar-refractivity contribution in [1.82, 2.24) is 20.3 Å². The Labute approximate surface area is 133 Å². The topological polar surface area (TPSA) is 97.1 Å². The van der Waals surface area contributed by atoms with Gasteiger partial charge in [-0.2, -0.15) is 0 Å². The molecule has 7 heteroatoms. The van der Waals surface area contributed by atoms with Crippen molar-refractivity contribution in [2.45, 2.75) is 31.8 Å². The molecule has 1 aliphatic carbocycles. The minimum Gasteiger partial charge on any atom is -0.481 e. The first-order chi connectivity index (χ1) is 11.1. The second-order valence-electron chi connectivity index (χ2n) is 5.78. The minimum absolute atomic E-state index is 0.0688. The Morgan fingerprint density at radius 1 is 1.26 bits per heavy atom. The van der Waals surface area contributed by atoms with Crippen molar-refractivity contribution in [3.63, 3.8) is 0 Å². The second kappa shape index (κ2) is 6.60. The van der Waals surface area contributed by atoms with Crippen molar-refractivity contribution in [3.05, 3.63) is 36.5 Å². The lowest BCUT2D eigenvalue weighted by molar-refractivity contribution is -0.141. The van der Waals surface area contributed by atoms with Gasteiger partial charge in [0.1, 0.15) is 12.2 Å². The zero-order valence-corrected chi connectivity index (χ0v) is 12.6. The molecule has 0 bridgehead atoms. The third kappa shape index (κ3) is 3.74. The monoisotopic (exact) mass is 314 g/mol. The quantitative estimate of drug-likeness (QED) is 0.867. The van der Waals surface area contributed by atoms with Crippen LogP contribution < -0.4 is 5.32 Å². The zero-order chi connectivity index (χ0) is 16.2. The van der Waals surface area contributed by atoms with Gasteiger partial charge in [-0.1, -0.05) is 35.5 Å². The summed E-state index contributed by atoms with van der Waals surface area (Å²) in [6.45, 7) is 0.0775. The molecule has 1 aromatic carbocycles. The van der Waals surface area contributed by atoms with Crippen molar-refractivity contribution in [2.24, 2.45) is 5.92 Å². The van der Waals surface area contributed by atoms with Gasteiger partial charge in [0, 0.05) is 11.6 Å². The highest BCUT2D eigenvalue weighted by Crippen LogP contribution is 2.25. The smallest absolute Gasteiger partial charge is 0.306 e. The first kappa shape index (κ1) is 15.2. The number of hydrogen-bond acceptors (Lipinski definition) is 4. The number of nitrogens with one attached hydrogen (secondary N) is 1. The van der Waals surface area contributed by atoms with Crippen LogP contribution in [0, 0.1) is 5.92 Å². The number of aliphatic carboxylic acids is 1. The van der Waals surface area contributed by atoms with Crippen LogP contribution in [0.25, 0.3) is 11.3 Å². The van der Waals surface area contributed by atoms with E-state index in [4.69, 9.17) is 5.11 Å². The van der Waals surface area contributed by atoms with E-state index in [2.05, 4.69) is 15.6 Å². The number of aromatic nitrogens is 3. The predicted octanol–water partition coefficient (Wildman–Crippen LogP) is 1.31.